The van der Waals surface area contributed by atoms with Crippen molar-refractivity contribution in [2.75, 3.05) is 7.11 Å². The summed E-state index contributed by atoms with van der Waals surface area (Å²) in [6.45, 7) is 0. The van der Waals surface area contributed by atoms with Gasteiger partial charge in [-0.15, -0.1) is 0 Å². The fourth-order valence-corrected chi connectivity index (χ4v) is 2.30. The third kappa shape index (κ3) is 2.06. The Kier molecular flexibility index (Phi) is 2.98. The van der Waals surface area contributed by atoms with E-state index in [-0.39, 0.29) is 17.2 Å². The molecule has 0 aliphatic heterocycles. The summed E-state index contributed by atoms with van der Waals surface area (Å²) in [5, 5.41) is 23.8. The number of aromatic nitrogens is 1. The van der Waals surface area contributed by atoms with Gasteiger partial charge < -0.3 is 14.8 Å². The Hall–Kier alpha value is -3.02. The Bertz CT molecular complexity index is 825. The normalized spacial score (nSPS) is 10.7. The minimum Gasteiger partial charge on any atom is -0.871 e. The number of aromatic amines is 1. The van der Waals surface area contributed by atoms with E-state index in [4.69, 9.17) is 4.74 Å². The number of nitrogens with one attached hydrogen (secondary N) is 1. The highest BCUT2D eigenvalue weighted by Crippen LogP contribution is 2.39. The van der Waals surface area contributed by atoms with E-state index in [0.29, 0.717) is 16.6 Å². The Balaban J connectivity index is 2.27. The molecule has 0 saturated heterocycles. The van der Waals surface area contributed by atoms with Crippen molar-refractivity contribution >= 4 is 16.6 Å². The summed E-state index contributed by atoms with van der Waals surface area (Å²) >= 11 is 0. The second-order valence-electron chi connectivity index (χ2n) is 4.52. The molecule has 3 aromatic rings. The van der Waals surface area contributed by atoms with E-state index < -0.39 is 4.92 Å². The van der Waals surface area contributed by atoms with Crippen LogP contribution in [0.25, 0.3) is 22.2 Å². The maximum Gasteiger partial charge on any atom is 0.313 e. The fraction of sp³-hybridized carbons (Fsp3) is 0.0667. The summed E-state index contributed by atoms with van der Waals surface area (Å²) in [6.07, 6.45) is 0. The lowest BCUT2D eigenvalue weighted by atomic mass is 10.1. The van der Waals surface area contributed by atoms with Crippen LogP contribution in [0, 0.1) is 10.1 Å². The minimum atomic E-state index is -0.536. The van der Waals surface area contributed by atoms with Crippen LogP contribution in [0.2, 0.25) is 0 Å². The second-order valence-corrected chi connectivity index (χ2v) is 4.52. The molecule has 0 radical (unpaired) electrons. The van der Waals surface area contributed by atoms with Gasteiger partial charge in [0.1, 0.15) is 0 Å². The van der Waals surface area contributed by atoms with Crippen molar-refractivity contribution in [2.24, 2.45) is 0 Å². The van der Waals surface area contributed by atoms with Crippen LogP contribution in [0.3, 0.4) is 0 Å². The van der Waals surface area contributed by atoms with E-state index >= 15 is 0 Å². The minimum absolute atomic E-state index is 0.0724. The zero-order chi connectivity index (χ0) is 15.0. The second kappa shape index (κ2) is 4.82. The lowest BCUT2D eigenvalue weighted by Gasteiger charge is -2.08. The van der Waals surface area contributed by atoms with E-state index in [0.717, 1.165) is 5.56 Å². The van der Waals surface area contributed by atoms with Crippen LogP contribution < -0.4 is 9.84 Å². The van der Waals surface area contributed by atoms with Crippen LogP contribution in [-0.4, -0.2) is 17.0 Å². The first-order valence-electron chi connectivity index (χ1n) is 6.22. The predicted octanol–water partition coefficient (Wildman–Crippen LogP) is 2.83. The van der Waals surface area contributed by atoms with Gasteiger partial charge in [0.15, 0.2) is 5.75 Å². The van der Waals surface area contributed by atoms with Crippen LogP contribution in [0.1, 0.15) is 0 Å². The molecule has 6 heteroatoms. The van der Waals surface area contributed by atoms with Gasteiger partial charge in [0.2, 0.25) is 0 Å². The number of hydrogen-bond acceptors (Lipinski definition) is 4. The molecule has 1 heterocycles. The average molecular weight is 283 g/mol. The molecule has 0 fully saturated rings. The zero-order valence-electron chi connectivity index (χ0n) is 11.1. The zero-order valence-corrected chi connectivity index (χ0v) is 11.1. The maximum absolute atomic E-state index is 12.4. The third-order valence-electron chi connectivity index (χ3n) is 3.31. The largest absolute Gasteiger partial charge is 0.871 e. The number of hydrogen-bond donors (Lipinski definition) is 1. The number of nitro benzene ring substituents is 1. The van der Waals surface area contributed by atoms with E-state index in [9.17, 15) is 15.2 Å². The summed E-state index contributed by atoms with van der Waals surface area (Å²) in [7, 11) is 1.34. The lowest BCUT2D eigenvalue weighted by molar-refractivity contribution is -0.385. The van der Waals surface area contributed by atoms with Crippen molar-refractivity contribution < 1.29 is 14.8 Å². The van der Waals surface area contributed by atoms with Gasteiger partial charge in [-0.05, 0) is 17.0 Å². The molecule has 0 spiro atoms. The van der Waals surface area contributed by atoms with Crippen molar-refractivity contribution in [1.29, 1.82) is 0 Å². The highest BCUT2D eigenvalue weighted by atomic mass is 16.6. The molecule has 0 saturated carbocycles. The van der Waals surface area contributed by atoms with Gasteiger partial charge in [-0.3, -0.25) is 10.1 Å². The third-order valence-corrected chi connectivity index (χ3v) is 3.31. The summed E-state index contributed by atoms with van der Waals surface area (Å²) in [5.74, 6) is -0.132. The SMILES string of the molecule is COc1cc2c([O-])c(-c3ccccc3)[nH]c2cc1[N+](=O)[O-]. The monoisotopic (exact) mass is 283 g/mol. The first-order chi connectivity index (χ1) is 10.1. The van der Waals surface area contributed by atoms with Crippen LogP contribution in [0.15, 0.2) is 42.5 Å². The summed E-state index contributed by atoms with van der Waals surface area (Å²) in [5.41, 5.74) is 1.39. The van der Waals surface area contributed by atoms with E-state index in [1.54, 1.807) is 12.1 Å². The smallest absolute Gasteiger partial charge is 0.313 e. The molecule has 0 bridgehead atoms. The molecule has 0 aliphatic rings. The van der Waals surface area contributed by atoms with Crippen molar-refractivity contribution in [2.45, 2.75) is 0 Å². The topological polar surface area (TPSA) is 91.2 Å². The van der Waals surface area contributed by atoms with Crippen molar-refractivity contribution in [3.05, 3.63) is 52.6 Å². The van der Waals surface area contributed by atoms with Gasteiger partial charge in [0, 0.05) is 11.8 Å². The van der Waals surface area contributed by atoms with E-state index in [1.807, 2.05) is 18.2 Å². The summed E-state index contributed by atoms with van der Waals surface area (Å²) in [4.78, 5) is 13.4. The standard InChI is InChI=1S/C15H12N2O4/c1-21-13-7-10-11(8-12(13)17(19)20)16-14(15(10)18)9-5-3-2-4-6-9/h2-8,16,18H,1H3/p-1. The first-order valence-corrected chi connectivity index (χ1v) is 6.22. The molecule has 1 aromatic heterocycles. The average Bonchev–Trinajstić information content (AvgIpc) is 2.83. The Morgan fingerprint density at radius 2 is 1.90 bits per heavy atom. The highest BCUT2D eigenvalue weighted by Gasteiger charge is 2.18. The summed E-state index contributed by atoms with van der Waals surface area (Å²) in [6, 6.07) is 11.8. The van der Waals surface area contributed by atoms with E-state index in [2.05, 4.69) is 4.98 Å². The molecule has 21 heavy (non-hydrogen) atoms. The molecular formula is C15H11N2O4-. The summed E-state index contributed by atoms with van der Waals surface area (Å²) < 4.78 is 4.99. The lowest BCUT2D eigenvalue weighted by Crippen LogP contribution is -1.94. The number of H-pyrrole nitrogens is 1. The fourth-order valence-electron chi connectivity index (χ4n) is 2.30. The van der Waals surface area contributed by atoms with Crippen LogP contribution >= 0.6 is 0 Å². The number of ether oxygens (including phenoxy) is 1. The van der Waals surface area contributed by atoms with Gasteiger partial charge in [-0.1, -0.05) is 36.1 Å². The molecule has 2 aromatic carbocycles. The van der Waals surface area contributed by atoms with Crippen LogP contribution in [-0.2, 0) is 0 Å². The number of nitro groups is 1. The quantitative estimate of drug-likeness (QED) is 0.591. The van der Waals surface area contributed by atoms with Gasteiger partial charge in [-0.25, -0.2) is 0 Å². The van der Waals surface area contributed by atoms with Crippen molar-refractivity contribution in [3.63, 3.8) is 0 Å². The van der Waals surface area contributed by atoms with Gasteiger partial charge in [0.05, 0.1) is 17.5 Å². The molecule has 1 N–H and O–H groups in total. The number of methoxy groups -OCH3 is 1. The molecule has 3 rings (SSSR count). The Morgan fingerprint density at radius 3 is 2.52 bits per heavy atom. The van der Waals surface area contributed by atoms with Crippen LogP contribution in [0.5, 0.6) is 11.5 Å². The molecule has 0 aliphatic carbocycles. The predicted molar refractivity (Wildman–Crippen MR) is 76.4 cm³/mol. The van der Waals surface area contributed by atoms with Crippen molar-refractivity contribution in [3.8, 4) is 22.8 Å². The number of benzene rings is 2. The molecule has 6 nitrogen and oxygen atoms in total. The van der Waals surface area contributed by atoms with Crippen LogP contribution in [0.4, 0.5) is 5.69 Å². The van der Waals surface area contributed by atoms with Gasteiger partial charge in [0.25, 0.3) is 0 Å². The molecule has 0 amide bonds. The van der Waals surface area contributed by atoms with Gasteiger partial charge in [-0.2, -0.15) is 0 Å². The molecule has 106 valence electrons. The molecule has 0 atom stereocenters. The number of fused-ring (bicyclic) bond motifs is 1. The van der Waals surface area contributed by atoms with Crippen molar-refractivity contribution in [1.82, 2.24) is 4.98 Å². The van der Waals surface area contributed by atoms with E-state index in [1.165, 1.54) is 19.2 Å². The Labute approximate surface area is 119 Å². The molecular weight excluding hydrogens is 272 g/mol. The maximum atomic E-state index is 12.4. The first kappa shape index (κ1) is 13.0. The number of rotatable bonds is 3. The highest BCUT2D eigenvalue weighted by molar-refractivity contribution is 5.96. The van der Waals surface area contributed by atoms with Gasteiger partial charge >= 0.3 is 5.69 Å². The number of nitrogens with zero attached hydrogens (tertiary/aromatic N) is 1. The Morgan fingerprint density at radius 1 is 1.19 bits per heavy atom. The molecule has 0 unspecified atom stereocenters.